The molecule has 6 rings (SSSR count). The van der Waals surface area contributed by atoms with Crippen molar-refractivity contribution in [3.8, 4) is 5.75 Å². The highest BCUT2D eigenvalue weighted by Crippen LogP contribution is 2.45. The molecule has 3 fully saturated rings. The zero-order valence-corrected chi connectivity index (χ0v) is 25.1. The number of rotatable bonds is 11. The molecule has 6 heteroatoms. The Morgan fingerprint density at radius 2 is 1.68 bits per heavy atom. The summed E-state index contributed by atoms with van der Waals surface area (Å²) in [6.07, 6.45) is 3.14. The number of hydrogen-bond donors (Lipinski definition) is 1. The van der Waals surface area contributed by atoms with Crippen LogP contribution in [0, 0.1) is 11.8 Å². The Labute approximate surface area is 244 Å². The van der Waals surface area contributed by atoms with Crippen LogP contribution >= 0.6 is 11.8 Å². The lowest BCUT2D eigenvalue weighted by Gasteiger charge is -2.57. The molecular formula is C34H43N3O2S. The molecule has 3 aliphatic rings. The predicted octanol–water partition coefficient (Wildman–Crippen LogP) is 5.90. The van der Waals surface area contributed by atoms with Crippen LogP contribution in [0.5, 0.6) is 5.75 Å². The number of carbonyl (C=O) groups excluding carboxylic acids is 1. The minimum atomic E-state index is 0.00836. The first-order valence-electron chi connectivity index (χ1n) is 14.7. The minimum absolute atomic E-state index is 0.00836. The molecule has 3 saturated heterocycles. The summed E-state index contributed by atoms with van der Waals surface area (Å²) in [6.45, 7) is 8.25. The van der Waals surface area contributed by atoms with E-state index in [1.165, 1.54) is 16.0 Å². The van der Waals surface area contributed by atoms with Gasteiger partial charge in [0.15, 0.2) is 0 Å². The van der Waals surface area contributed by atoms with Crippen LogP contribution in [0.3, 0.4) is 0 Å². The fourth-order valence-electron chi connectivity index (χ4n) is 7.05. The lowest BCUT2D eigenvalue weighted by atomic mass is 9.66. The summed E-state index contributed by atoms with van der Waals surface area (Å²) in [4.78, 5) is 19.7. The van der Waals surface area contributed by atoms with Crippen LogP contribution in [0.4, 0.5) is 0 Å². The van der Waals surface area contributed by atoms with Gasteiger partial charge in [-0.05, 0) is 68.3 Å². The third-order valence-corrected chi connectivity index (χ3v) is 9.74. The summed E-state index contributed by atoms with van der Waals surface area (Å²) < 4.78 is 5.76. The monoisotopic (exact) mass is 557 g/mol. The molecule has 3 aromatic rings. The van der Waals surface area contributed by atoms with E-state index in [9.17, 15) is 4.79 Å². The summed E-state index contributed by atoms with van der Waals surface area (Å²) in [7, 11) is 1.74. The molecule has 1 N–H and O–H groups in total. The number of piperidine rings is 3. The molecule has 1 unspecified atom stereocenters. The summed E-state index contributed by atoms with van der Waals surface area (Å²) in [5.41, 5.74) is 3.81. The predicted molar refractivity (Wildman–Crippen MR) is 165 cm³/mol. The zero-order valence-electron chi connectivity index (χ0n) is 24.3. The molecule has 3 aromatic carbocycles. The van der Waals surface area contributed by atoms with Crippen molar-refractivity contribution in [1.82, 2.24) is 15.1 Å². The first-order chi connectivity index (χ1) is 19.6. The molecule has 0 aliphatic carbocycles. The molecule has 0 aromatic heterocycles. The van der Waals surface area contributed by atoms with Crippen LogP contribution < -0.4 is 10.1 Å². The minimum Gasteiger partial charge on any atom is -0.496 e. The molecule has 5 atom stereocenters. The Morgan fingerprint density at radius 1 is 1.02 bits per heavy atom. The van der Waals surface area contributed by atoms with Gasteiger partial charge >= 0.3 is 0 Å². The van der Waals surface area contributed by atoms with E-state index in [1.54, 1.807) is 18.9 Å². The van der Waals surface area contributed by atoms with Crippen LogP contribution in [0.25, 0.3) is 0 Å². The number of thioether (sulfide) groups is 1. The Morgan fingerprint density at radius 3 is 2.25 bits per heavy atom. The second-order valence-corrected chi connectivity index (χ2v) is 11.8. The zero-order chi connectivity index (χ0) is 28.1. The maximum Gasteiger partial charge on any atom is 0.227 e. The van der Waals surface area contributed by atoms with Gasteiger partial charge in [-0.25, -0.2) is 0 Å². The van der Waals surface area contributed by atoms with Crippen molar-refractivity contribution in [2.24, 2.45) is 11.8 Å². The number of carbonyl (C=O) groups is 1. The van der Waals surface area contributed by atoms with E-state index in [0.717, 1.165) is 43.9 Å². The fraction of sp³-hybridized carbons (Fsp3) is 0.441. The highest BCUT2D eigenvalue weighted by Gasteiger charge is 2.52. The summed E-state index contributed by atoms with van der Waals surface area (Å²) >= 11 is 1.75. The molecule has 5 nitrogen and oxygen atoms in total. The number of hydrogen-bond acceptors (Lipinski definition) is 5. The standard InChI is InChI=1S/C34H43N3O2S/c1-5-36(6-2)34(38)29-23-37-20-19-28(29)32(35-22-26-21-27(40-4)17-18-30(26)39-3)33(37)31(24-13-9-7-10-14-24)25-15-11-8-12-16-25/h7-18,21,28-29,31-33,35H,5-6,19-20,22-23H2,1-4H3/t28-,29-,32-,33+/m0/s1. The van der Waals surface area contributed by atoms with Gasteiger partial charge in [0.05, 0.1) is 13.0 Å². The third-order valence-electron chi connectivity index (χ3n) is 9.02. The van der Waals surface area contributed by atoms with Crippen LogP contribution in [0.15, 0.2) is 83.8 Å². The van der Waals surface area contributed by atoms with Crippen molar-refractivity contribution in [3.05, 3.63) is 95.6 Å². The molecule has 3 aliphatic heterocycles. The average molecular weight is 558 g/mol. The number of ether oxygens (including phenoxy) is 1. The summed E-state index contributed by atoms with van der Waals surface area (Å²) in [5.74, 6) is 1.69. The van der Waals surface area contributed by atoms with Gasteiger partial charge in [0, 0.05) is 54.6 Å². The van der Waals surface area contributed by atoms with E-state index in [-0.39, 0.29) is 29.8 Å². The van der Waals surface area contributed by atoms with Crippen molar-refractivity contribution in [2.75, 3.05) is 39.5 Å². The van der Waals surface area contributed by atoms with E-state index in [4.69, 9.17) is 4.74 Å². The second kappa shape index (κ2) is 13.2. The van der Waals surface area contributed by atoms with Gasteiger partial charge in [-0.2, -0.15) is 0 Å². The van der Waals surface area contributed by atoms with Crippen molar-refractivity contribution in [2.45, 2.75) is 49.7 Å². The van der Waals surface area contributed by atoms with Crippen molar-refractivity contribution < 1.29 is 9.53 Å². The SMILES string of the molecule is CCN(CC)C(=O)[C@H]1CN2CC[C@@H]1[C@H](NCc1cc(SC)ccc1OC)[C@H]2C(c1ccccc1)c1ccccc1. The van der Waals surface area contributed by atoms with Crippen LogP contribution in [-0.4, -0.2) is 67.3 Å². The maximum absolute atomic E-state index is 13.8. The van der Waals surface area contributed by atoms with Gasteiger partial charge in [-0.15, -0.1) is 11.8 Å². The molecule has 40 heavy (non-hydrogen) atoms. The molecule has 2 bridgehead atoms. The third kappa shape index (κ3) is 5.81. The number of nitrogens with zero attached hydrogens (tertiary/aromatic N) is 2. The molecule has 1 amide bonds. The van der Waals surface area contributed by atoms with Crippen molar-refractivity contribution >= 4 is 17.7 Å². The van der Waals surface area contributed by atoms with Gasteiger partial charge in [0.1, 0.15) is 5.75 Å². The summed E-state index contributed by atoms with van der Waals surface area (Å²) in [5, 5.41) is 4.02. The molecule has 3 heterocycles. The second-order valence-electron chi connectivity index (χ2n) is 10.9. The van der Waals surface area contributed by atoms with Crippen LogP contribution in [0.1, 0.15) is 42.9 Å². The Kier molecular flexibility index (Phi) is 9.51. The maximum atomic E-state index is 13.8. The van der Waals surface area contributed by atoms with E-state index in [1.807, 2.05) is 4.90 Å². The highest BCUT2D eigenvalue weighted by atomic mass is 32.2. The van der Waals surface area contributed by atoms with E-state index < -0.39 is 0 Å². The Hall–Kier alpha value is -2.80. The van der Waals surface area contributed by atoms with E-state index in [2.05, 4.69) is 109 Å². The van der Waals surface area contributed by atoms with Gasteiger partial charge in [-0.3, -0.25) is 9.69 Å². The van der Waals surface area contributed by atoms with Crippen molar-refractivity contribution in [1.29, 1.82) is 0 Å². The fourth-order valence-corrected chi connectivity index (χ4v) is 7.52. The van der Waals surface area contributed by atoms with Crippen molar-refractivity contribution in [3.63, 3.8) is 0 Å². The lowest BCUT2D eigenvalue weighted by Crippen LogP contribution is -2.69. The number of benzene rings is 3. The topological polar surface area (TPSA) is 44.8 Å². The summed E-state index contributed by atoms with van der Waals surface area (Å²) in [6, 6.07) is 28.7. The van der Waals surface area contributed by atoms with E-state index >= 15 is 0 Å². The number of amides is 1. The van der Waals surface area contributed by atoms with E-state index in [0.29, 0.717) is 12.5 Å². The molecular weight excluding hydrogens is 514 g/mol. The number of methoxy groups -OCH3 is 1. The smallest absolute Gasteiger partial charge is 0.227 e. The first kappa shape index (κ1) is 28.7. The average Bonchev–Trinajstić information content (AvgIpc) is 3.02. The van der Waals surface area contributed by atoms with Gasteiger partial charge in [0.2, 0.25) is 5.91 Å². The molecule has 0 spiro atoms. The number of nitrogens with one attached hydrogen (secondary N) is 1. The molecule has 212 valence electrons. The highest BCUT2D eigenvalue weighted by molar-refractivity contribution is 7.98. The van der Waals surface area contributed by atoms with Gasteiger partial charge < -0.3 is 15.0 Å². The van der Waals surface area contributed by atoms with Gasteiger partial charge in [0.25, 0.3) is 0 Å². The molecule has 0 saturated carbocycles. The van der Waals surface area contributed by atoms with Crippen LogP contribution in [0.2, 0.25) is 0 Å². The Bertz CT molecular complexity index is 1210. The quantitative estimate of drug-likeness (QED) is 0.298. The first-order valence-corrected chi connectivity index (χ1v) is 15.9. The Balaban J connectivity index is 1.55. The lowest BCUT2D eigenvalue weighted by molar-refractivity contribution is -0.145. The largest absolute Gasteiger partial charge is 0.496 e. The number of fused-ring (bicyclic) bond motifs is 3. The molecule has 0 radical (unpaired) electrons. The van der Waals surface area contributed by atoms with Gasteiger partial charge in [-0.1, -0.05) is 60.7 Å². The normalized spacial score (nSPS) is 23.8. The van der Waals surface area contributed by atoms with Crippen LogP contribution in [-0.2, 0) is 11.3 Å².